The van der Waals surface area contributed by atoms with E-state index in [9.17, 15) is 0 Å². The van der Waals surface area contributed by atoms with Crippen LogP contribution >= 0.6 is 11.8 Å². The summed E-state index contributed by atoms with van der Waals surface area (Å²) in [7, 11) is 0. The molecule has 2 nitrogen and oxygen atoms in total. The highest BCUT2D eigenvalue weighted by Crippen LogP contribution is 2.62. The Hall–Kier alpha value is -5.51. The summed E-state index contributed by atoms with van der Waals surface area (Å²) < 4.78 is 2.37. The van der Waals surface area contributed by atoms with Crippen molar-refractivity contribution in [3.8, 4) is 16.8 Å². The summed E-state index contributed by atoms with van der Waals surface area (Å²) in [5, 5.41) is 6.34. The first-order valence-electron chi connectivity index (χ1n) is 15.8. The van der Waals surface area contributed by atoms with Crippen LogP contribution in [0.2, 0.25) is 0 Å². The maximum absolute atomic E-state index is 3.87. The van der Waals surface area contributed by atoms with E-state index in [1.165, 1.54) is 65.0 Å². The molecular formula is C43H28N2S. The van der Waals surface area contributed by atoms with E-state index in [-0.39, 0.29) is 5.41 Å². The standard InChI is InChI=1S/C43H28N2S/c1-2-13-29(14-3-1)45-38-22-10-6-17-32(38)42-37(21-12-23-39(42)45)44-28-25-26-36-41(27-28)46-40-24-11-9-20-35(40)43(36)33-18-7-4-15-30(33)31-16-5-8-19-34(31)43/h1-27,44H. The van der Waals surface area contributed by atoms with Gasteiger partial charge in [-0.15, -0.1) is 0 Å². The Kier molecular flexibility index (Phi) is 5.46. The van der Waals surface area contributed by atoms with E-state index in [0.29, 0.717) is 0 Å². The van der Waals surface area contributed by atoms with Crippen LogP contribution in [-0.2, 0) is 5.41 Å². The third-order valence-corrected chi connectivity index (χ3v) is 11.0. The van der Waals surface area contributed by atoms with Crippen LogP contribution in [0.4, 0.5) is 11.4 Å². The van der Waals surface area contributed by atoms with Gasteiger partial charge in [0.25, 0.3) is 0 Å². The van der Waals surface area contributed by atoms with Crippen molar-refractivity contribution in [3.63, 3.8) is 0 Å². The normalized spacial score (nSPS) is 13.7. The zero-order valence-corrected chi connectivity index (χ0v) is 25.8. The van der Waals surface area contributed by atoms with Gasteiger partial charge in [0.2, 0.25) is 0 Å². The molecule has 0 atom stereocenters. The Labute approximate surface area is 272 Å². The molecule has 10 rings (SSSR count). The van der Waals surface area contributed by atoms with Gasteiger partial charge >= 0.3 is 0 Å². The molecule has 1 N–H and O–H groups in total. The average Bonchev–Trinajstić information content (AvgIpc) is 3.61. The van der Waals surface area contributed by atoms with Gasteiger partial charge in [0.05, 0.1) is 16.4 Å². The van der Waals surface area contributed by atoms with Crippen molar-refractivity contribution in [2.45, 2.75) is 15.2 Å². The van der Waals surface area contributed by atoms with E-state index in [0.717, 1.165) is 17.1 Å². The van der Waals surface area contributed by atoms with Gasteiger partial charge in [0, 0.05) is 37.6 Å². The number of para-hydroxylation sites is 2. The zero-order chi connectivity index (χ0) is 30.2. The number of rotatable bonds is 3. The monoisotopic (exact) mass is 604 g/mol. The van der Waals surface area contributed by atoms with E-state index >= 15 is 0 Å². The number of benzene rings is 7. The lowest BCUT2D eigenvalue weighted by Gasteiger charge is -2.39. The zero-order valence-electron chi connectivity index (χ0n) is 24.9. The van der Waals surface area contributed by atoms with Crippen LogP contribution in [0.3, 0.4) is 0 Å². The average molecular weight is 605 g/mol. The Bertz CT molecular complexity index is 2440. The maximum atomic E-state index is 3.87. The molecule has 0 saturated carbocycles. The third-order valence-electron chi connectivity index (χ3n) is 9.84. The van der Waals surface area contributed by atoms with Crippen molar-refractivity contribution in [2.24, 2.45) is 0 Å². The lowest BCUT2D eigenvalue weighted by Crippen LogP contribution is -2.31. The SMILES string of the molecule is c1ccc(-n2c3ccccc3c3c(Nc4ccc5c(c4)Sc4ccccc4C54c5ccccc5-c5ccccc54)cccc32)cc1. The van der Waals surface area contributed by atoms with E-state index in [1.807, 2.05) is 11.8 Å². The fraction of sp³-hybridized carbons (Fsp3) is 0.0233. The predicted molar refractivity (Wildman–Crippen MR) is 192 cm³/mol. The molecule has 8 aromatic rings. The molecule has 0 unspecified atom stereocenters. The fourth-order valence-electron chi connectivity index (χ4n) is 8.07. The number of aromatic nitrogens is 1. The van der Waals surface area contributed by atoms with Gasteiger partial charge in [-0.2, -0.15) is 0 Å². The van der Waals surface area contributed by atoms with Crippen LogP contribution in [0.5, 0.6) is 0 Å². The molecule has 3 heteroatoms. The molecule has 1 aliphatic heterocycles. The minimum absolute atomic E-state index is 0.355. The highest BCUT2D eigenvalue weighted by atomic mass is 32.2. The van der Waals surface area contributed by atoms with E-state index in [4.69, 9.17) is 0 Å². The predicted octanol–water partition coefficient (Wildman–Crippen LogP) is 11.4. The van der Waals surface area contributed by atoms with Crippen molar-refractivity contribution < 1.29 is 0 Å². The van der Waals surface area contributed by atoms with Crippen molar-refractivity contribution >= 4 is 44.9 Å². The quantitative estimate of drug-likeness (QED) is 0.216. The molecular weight excluding hydrogens is 577 g/mol. The Morgan fingerprint density at radius 2 is 1.11 bits per heavy atom. The van der Waals surface area contributed by atoms with Crippen molar-refractivity contribution in [2.75, 3.05) is 5.32 Å². The fourth-order valence-corrected chi connectivity index (χ4v) is 9.30. The Morgan fingerprint density at radius 1 is 0.478 bits per heavy atom. The van der Waals surface area contributed by atoms with Crippen LogP contribution in [0.1, 0.15) is 22.3 Å². The second-order valence-corrected chi connectivity index (χ2v) is 13.2. The minimum Gasteiger partial charge on any atom is -0.355 e. The molecule has 0 radical (unpaired) electrons. The third kappa shape index (κ3) is 3.44. The topological polar surface area (TPSA) is 17.0 Å². The van der Waals surface area contributed by atoms with Crippen LogP contribution in [0.25, 0.3) is 38.6 Å². The number of anilines is 2. The van der Waals surface area contributed by atoms with Gasteiger partial charge in [0.15, 0.2) is 0 Å². The summed E-state index contributed by atoms with van der Waals surface area (Å²) in [5.41, 5.74) is 13.5. The summed E-state index contributed by atoms with van der Waals surface area (Å²) in [6.07, 6.45) is 0. The molecule has 0 amide bonds. The van der Waals surface area contributed by atoms with Gasteiger partial charge in [0.1, 0.15) is 0 Å². The minimum atomic E-state index is -0.355. The summed E-state index contributed by atoms with van der Waals surface area (Å²) in [5.74, 6) is 0. The van der Waals surface area contributed by atoms with Crippen LogP contribution in [0, 0.1) is 0 Å². The number of nitrogens with one attached hydrogen (secondary N) is 1. The summed E-state index contributed by atoms with van der Waals surface area (Å²) in [4.78, 5) is 2.60. The van der Waals surface area contributed by atoms with Gasteiger partial charge in [-0.05, 0) is 81.9 Å². The van der Waals surface area contributed by atoms with Gasteiger partial charge in [-0.1, -0.05) is 127 Å². The number of fused-ring (bicyclic) bond motifs is 12. The van der Waals surface area contributed by atoms with Gasteiger partial charge < -0.3 is 9.88 Å². The van der Waals surface area contributed by atoms with Crippen LogP contribution in [-0.4, -0.2) is 4.57 Å². The molecule has 0 saturated heterocycles. The van der Waals surface area contributed by atoms with Crippen LogP contribution in [0.15, 0.2) is 174 Å². The number of nitrogens with zero attached hydrogens (tertiary/aromatic N) is 1. The second kappa shape index (κ2) is 9.74. The first-order chi connectivity index (χ1) is 22.8. The van der Waals surface area contributed by atoms with Crippen molar-refractivity contribution in [1.82, 2.24) is 4.57 Å². The molecule has 216 valence electrons. The molecule has 0 fully saturated rings. The Morgan fingerprint density at radius 3 is 1.91 bits per heavy atom. The molecule has 1 aliphatic carbocycles. The maximum Gasteiger partial charge on any atom is 0.0735 e. The molecule has 2 aliphatic rings. The molecule has 0 bridgehead atoms. The van der Waals surface area contributed by atoms with Crippen molar-refractivity contribution in [1.29, 1.82) is 0 Å². The first kappa shape index (κ1) is 25.8. The van der Waals surface area contributed by atoms with Crippen LogP contribution < -0.4 is 5.32 Å². The number of hydrogen-bond donors (Lipinski definition) is 1. The highest BCUT2D eigenvalue weighted by Gasteiger charge is 2.49. The summed E-state index contributed by atoms with van der Waals surface area (Å²) in [6, 6.07) is 59.9. The largest absolute Gasteiger partial charge is 0.355 e. The number of hydrogen-bond acceptors (Lipinski definition) is 2. The van der Waals surface area contributed by atoms with Gasteiger partial charge in [-0.3, -0.25) is 0 Å². The van der Waals surface area contributed by atoms with Gasteiger partial charge in [-0.25, -0.2) is 0 Å². The summed E-state index contributed by atoms with van der Waals surface area (Å²) >= 11 is 1.88. The summed E-state index contributed by atoms with van der Waals surface area (Å²) in [6.45, 7) is 0. The molecule has 1 spiro atoms. The smallest absolute Gasteiger partial charge is 0.0735 e. The first-order valence-corrected chi connectivity index (χ1v) is 16.6. The molecule has 1 aromatic heterocycles. The molecule has 7 aromatic carbocycles. The highest BCUT2D eigenvalue weighted by molar-refractivity contribution is 7.99. The van der Waals surface area contributed by atoms with E-state index in [2.05, 4.69) is 174 Å². The lowest BCUT2D eigenvalue weighted by molar-refractivity contribution is 0.722. The van der Waals surface area contributed by atoms with Crippen molar-refractivity contribution in [3.05, 3.63) is 186 Å². The van der Waals surface area contributed by atoms with E-state index < -0.39 is 0 Å². The second-order valence-electron chi connectivity index (χ2n) is 12.2. The Balaban J connectivity index is 1.17. The lowest BCUT2D eigenvalue weighted by atomic mass is 9.67. The molecule has 2 heterocycles. The molecule has 46 heavy (non-hydrogen) atoms. The van der Waals surface area contributed by atoms with E-state index in [1.54, 1.807) is 0 Å².